The number of nitrogens with one attached hydrogen (secondary N) is 1. The van der Waals surface area contributed by atoms with Gasteiger partial charge in [0.1, 0.15) is 25.1 Å². The minimum atomic E-state index is -0.835. The van der Waals surface area contributed by atoms with Crippen LogP contribution in [-0.4, -0.2) is 72.9 Å². The summed E-state index contributed by atoms with van der Waals surface area (Å²) >= 11 is 0. The molecule has 1 amide bonds. The minimum absolute atomic E-state index is 0.00535. The van der Waals surface area contributed by atoms with E-state index in [1.165, 1.54) is 0 Å². The van der Waals surface area contributed by atoms with Crippen molar-refractivity contribution in [3.05, 3.63) is 48.2 Å². The molecular formula is C25H32N4O4. The number of rotatable bonds is 7. The number of aromatic nitrogens is 1. The molecule has 0 radical (unpaired) electrons. The van der Waals surface area contributed by atoms with E-state index in [2.05, 4.69) is 20.1 Å². The molecule has 2 saturated heterocycles. The molecule has 0 bridgehead atoms. The number of hydrogen-bond donors (Lipinski definition) is 2. The van der Waals surface area contributed by atoms with Gasteiger partial charge in [0.05, 0.1) is 12.0 Å². The highest BCUT2D eigenvalue weighted by molar-refractivity contribution is 5.80. The van der Waals surface area contributed by atoms with E-state index in [1.807, 2.05) is 36.4 Å². The molecule has 1 aromatic carbocycles. The molecule has 0 saturated carbocycles. The maximum absolute atomic E-state index is 13.2. The zero-order valence-corrected chi connectivity index (χ0v) is 18.9. The van der Waals surface area contributed by atoms with Gasteiger partial charge in [0, 0.05) is 25.8 Å². The summed E-state index contributed by atoms with van der Waals surface area (Å²) in [6.07, 6.45) is 4.03. The second-order valence-electron chi connectivity index (χ2n) is 9.09. The highest BCUT2D eigenvalue weighted by atomic mass is 16.6. The van der Waals surface area contributed by atoms with Crippen LogP contribution in [0.15, 0.2) is 42.6 Å². The third kappa shape index (κ3) is 5.07. The first-order chi connectivity index (χ1) is 16.2. The van der Waals surface area contributed by atoms with Crippen molar-refractivity contribution in [2.75, 3.05) is 50.8 Å². The Kier molecular flexibility index (Phi) is 6.64. The van der Waals surface area contributed by atoms with Crippen molar-refractivity contribution < 1.29 is 19.4 Å². The number of likely N-dealkylation sites (tertiary alicyclic amines) is 1. The Labute approximate surface area is 194 Å². The van der Waals surface area contributed by atoms with Gasteiger partial charge in [0.2, 0.25) is 5.91 Å². The van der Waals surface area contributed by atoms with E-state index >= 15 is 0 Å². The van der Waals surface area contributed by atoms with E-state index in [0.717, 1.165) is 50.3 Å². The van der Waals surface area contributed by atoms with Gasteiger partial charge in [-0.2, -0.15) is 0 Å². The highest BCUT2D eigenvalue weighted by Gasteiger charge is 2.33. The van der Waals surface area contributed by atoms with Gasteiger partial charge in [0.25, 0.3) is 0 Å². The molecule has 176 valence electrons. The number of carbonyl (C=O) groups excluding carboxylic acids is 1. The molecule has 0 aliphatic carbocycles. The third-order valence-electron chi connectivity index (χ3n) is 6.80. The number of aliphatic hydroxyl groups excluding tert-OH is 1. The molecule has 2 N–H and O–H groups in total. The summed E-state index contributed by atoms with van der Waals surface area (Å²) in [4.78, 5) is 22.1. The van der Waals surface area contributed by atoms with Gasteiger partial charge in [-0.25, -0.2) is 4.98 Å². The number of amides is 1. The van der Waals surface area contributed by atoms with Crippen molar-refractivity contribution in [3.8, 4) is 11.5 Å². The average molecular weight is 453 g/mol. The lowest BCUT2D eigenvalue weighted by atomic mass is 9.99. The van der Waals surface area contributed by atoms with Gasteiger partial charge in [0.15, 0.2) is 11.5 Å². The normalized spacial score (nSPS) is 22.2. The molecule has 3 aliphatic heterocycles. The molecular weight excluding hydrogens is 420 g/mol. The fourth-order valence-electron chi connectivity index (χ4n) is 4.97. The van der Waals surface area contributed by atoms with E-state index in [0.29, 0.717) is 37.8 Å². The Morgan fingerprint density at radius 3 is 2.73 bits per heavy atom. The summed E-state index contributed by atoms with van der Waals surface area (Å²) in [5.74, 6) is 2.11. The summed E-state index contributed by atoms with van der Waals surface area (Å²) in [6, 6.07) is 11.0. The molecule has 1 aromatic heterocycles. The fraction of sp³-hybridized carbons (Fsp3) is 0.520. The predicted octanol–water partition coefficient (Wildman–Crippen LogP) is 1.99. The minimum Gasteiger partial charge on any atom is -0.486 e. The molecule has 2 unspecified atom stereocenters. The number of anilines is 1. The third-order valence-corrected chi connectivity index (χ3v) is 6.80. The van der Waals surface area contributed by atoms with E-state index in [-0.39, 0.29) is 11.8 Å². The van der Waals surface area contributed by atoms with Crippen LogP contribution in [0.3, 0.4) is 0 Å². The Morgan fingerprint density at radius 1 is 1.12 bits per heavy atom. The van der Waals surface area contributed by atoms with E-state index in [4.69, 9.17) is 9.47 Å². The van der Waals surface area contributed by atoms with Crippen molar-refractivity contribution in [1.29, 1.82) is 0 Å². The van der Waals surface area contributed by atoms with Crippen molar-refractivity contribution >= 4 is 11.7 Å². The summed E-state index contributed by atoms with van der Waals surface area (Å²) in [5, 5.41) is 14.5. The summed E-state index contributed by atoms with van der Waals surface area (Å²) in [6.45, 7) is 5.08. The van der Waals surface area contributed by atoms with Crippen LogP contribution in [0.1, 0.15) is 30.9 Å². The van der Waals surface area contributed by atoms with Crippen molar-refractivity contribution in [1.82, 2.24) is 15.2 Å². The topological polar surface area (TPSA) is 87.2 Å². The van der Waals surface area contributed by atoms with Crippen molar-refractivity contribution in [3.63, 3.8) is 0 Å². The molecule has 2 aromatic rings. The van der Waals surface area contributed by atoms with Crippen LogP contribution in [0, 0.1) is 5.92 Å². The number of nitrogens with zero attached hydrogens (tertiary/aromatic N) is 3. The lowest BCUT2D eigenvalue weighted by Gasteiger charge is -2.30. The van der Waals surface area contributed by atoms with Crippen LogP contribution >= 0.6 is 0 Å². The van der Waals surface area contributed by atoms with E-state index in [1.54, 1.807) is 6.20 Å². The van der Waals surface area contributed by atoms with Gasteiger partial charge in [-0.1, -0.05) is 12.1 Å². The number of benzene rings is 1. The molecule has 8 heteroatoms. The van der Waals surface area contributed by atoms with Crippen LogP contribution in [0.5, 0.6) is 11.5 Å². The first-order valence-corrected chi connectivity index (χ1v) is 11.9. The fourth-order valence-corrected chi connectivity index (χ4v) is 4.97. The summed E-state index contributed by atoms with van der Waals surface area (Å²) < 4.78 is 11.3. The summed E-state index contributed by atoms with van der Waals surface area (Å²) in [7, 11) is 0. The maximum atomic E-state index is 13.2. The standard InChI is InChI=1S/C25H32N4O4/c30-24(18-6-7-21-22(15-18)33-14-13-32-21)20(17-28-10-3-4-11-28)27-25(31)19-8-12-29(16-19)23-5-1-2-9-26-23/h1-2,5-7,9,15,19-20,24,30H,3-4,8,10-14,16-17H2,(H,27,31)/t19-,20?,24?/m0/s1. The number of aliphatic hydroxyl groups is 1. The van der Waals surface area contributed by atoms with Crippen molar-refractivity contribution in [2.45, 2.75) is 31.4 Å². The monoisotopic (exact) mass is 452 g/mol. The smallest absolute Gasteiger partial charge is 0.225 e. The second-order valence-corrected chi connectivity index (χ2v) is 9.09. The first kappa shape index (κ1) is 22.0. The van der Waals surface area contributed by atoms with Gasteiger partial charge in [-0.05, 0) is 62.2 Å². The number of pyridine rings is 1. The largest absolute Gasteiger partial charge is 0.486 e. The quantitative estimate of drug-likeness (QED) is 0.664. The van der Waals surface area contributed by atoms with Crippen LogP contribution in [0.25, 0.3) is 0 Å². The lowest BCUT2D eigenvalue weighted by Crippen LogP contribution is -2.48. The van der Waals surface area contributed by atoms with Crippen LogP contribution in [0.2, 0.25) is 0 Å². The first-order valence-electron chi connectivity index (χ1n) is 11.9. The second kappa shape index (κ2) is 9.97. The molecule has 3 atom stereocenters. The molecule has 33 heavy (non-hydrogen) atoms. The van der Waals surface area contributed by atoms with Crippen LogP contribution in [0.4, 0.5) is 5.82 Å². The Balaban J connectivity index is 1.28. The molecule has 2 fully saturated rings. The van der Waals surface area contributed by atoms with Crippen LogP contribution in [-0.2, 0) is 4.79 Å². The zero-order chi connectivity index (χ0) is 22.6. The van der Waals surface area contributed by atoms with Gasteiger partial charge >= 0.3 is 0 Å². The average Bonchev–Trinajstić information content (AvgIpc) is 3.56. The Hall–Kier alpha value is -2.84. The lowest BCUT2D eigenvalue weighted by molar-refractivity contribution is -0.126. The Bertz CT molecular complexity index is 951. The number of ether oxygens (including phenoxy) is 2. The van der Waals surface area contributed by atoms with E-state index in [9.17, 15) is 9.90 Å². The number of fused-ring (bicyclic) bond motifs is 1. The van der Waals surface area contributed by atoms with Gasteiger partial charge < -0.3 is 29.7 Å². The number of hydrogen-bond acceptors (Lipinski definition) is 7. The molecule has 5 rings (SSSR count). The Morgan fingerprint density at radius 2 is 1.94 bits per heavy atom. The van der Waals surface area contributed by atoms with Crippen molar-refractivity contribution in [2.24, 2.45) is 5.92 Å². The number of carbonyl (C=O) groups is 1. The molecule has 0 spiro atoms. The molecule has 3 aliphatic rings. The SMILES string of the molecule is O=C(NC(CN1CCCC1)C(O)c1ccc2c(c1)OCCO2)[C@H]1CCN(c2ccccn2)C1. The molecule has 8 nitrogen and oxygen atoms in total. The van der Waals surface area contributed by atoms with Gasteiger partial charge in [-0.15, -0.1) is 0 Å². The highest BCUT2D eigenvalue weighted by Crippen LogP contribution is 2.34. The zero-order valence-electron chi connectivity index (χ0n) is 18.9. The predicted molar refractivity (Wildman–Crippen MR) is 125 cm³/mol. The maximum Gasteiger partial charge on any atom is 0.225 e. The van der Waals surface area contributed by atoms with Crippen LogP contribution < -0.4 is 19.7 Å². The van der Waals surface area contributed by atoms with E-state index < -0.39 is 12.1 Å². The van der Waals surface area contributed by atoms with Gasteiger partial charge in [-0.3, -0.25) is 4.79 Å². The summed E-state index contributed by atoms with van der Waals surface area (Å²) in [5.41, 5.74) is 0.727. The molecule has 4 heterocycles.